The second kappa shape index (κ2) is 4.69. The van der Waals surface area contributed by atoms with Gasteiger partial charge < -0.3 is 15.4 Å². The van der Waals surface area contributed by atoms with Crippen LogP contribution in [0.2, 0.25) is 0 Å². The zero-order valence-corrected chi connectivity index (χ0v) is 9.79. The van der Waals surface area contributed by atoms with Gasteiger partial charge in [0.05, 0.1) is 30.9 Å². The molecule has 2 rings (SSSR count). The summed E-state index contributed by atoms with van der Waals surface area (Å²) in [6.45, 7) is 0. The lowest BCUT2D eigenvalue weighted by Gasteiger charge is -2.19. The third-order valence-electron chi connectivity index (χ3n) is 2.40. The van der Waals surface area contributed by atoms with Crippen molar-refractivity contribution in [2.75, 3.05) is 24.8 Å². The van der Waals surface area contributed by atoms with Crippen molar-refractivity contribution in [1.82, 2.24) is 9.97 Å². The largest absolute Gasteiger partial charge is 0.495 e. The highest BCUT2D eigenvalue weighted by Gasteiger charge is 2.10. The Morgan fingerprint density at radius 2 is 1.82 bits per heavy atom. The first kappa shape index (κ1) is 11.2. The van der Waals surface area contributed by atoms with Crippen molar-refractivity contribution >= 4 is 17.3 Å². The molecule has 1 heterocycles. The van der Waals surface area contributed by atoms with Gasteiger partial charge in [-0.1, -0.05) is 12.1 Å². The Morgan fingerprint density at radius 3 is 2.47 bits per heavy atom. The SMILES string of the molecule is COc1ccccc1N(C)c1ncc(N)cn1. The predicted molar refractivity (Wildman–Crippen MR) is 67.5 cm³/mol. The lowest BCUT2D eigenvalue weighted by molar-refractivity contribution is 0.415. The van der Waals surface area contributed by atoms with Gasteiger partial charge in [0, 0.05) is 7.05 Å². The topological polar surface area (TPSA) is 64.3 Å². The Kier molecular flexibility index (Phi) is 3.09. The zero-order valence-electron chi connectivity index (χ0n) is 9.79. The molecule has 0 aliphatic heterocycles. The van der Waals surface area contributed by atoms with Gasteiger partial charge in [-0.2, -0.15) is 0 Å². The summed E-state index contributed by atoms with van der Waals surface area (Å²) in [6.07, 6.45) is 3.16. The van der Waals surface area contributed by atoms with E-state index in [1.807, 2.05) is 36.2 Å². The van der Waals surface area contributed by atoms with Crippen molar-refractivity contribution in [2.24, 2.45) is 0 Å². The number of nitrogens with two attached hydrogens (primary N) is 1. The molecule has 0 saturated heterocycles. The molecular formula is C12H14N4O. The Hall–Kier alpha value is -2.30. The van der Waals surface area contributed by atoms with Gasteiger partial charge in [0.2, 0.25) is 5.95 Å². The zero-order chi connectivity index (χ0) is 12.3. The molecule has 0 unspecified atom stereocenters. The summed E-state index contributed by atoms with van der Waals surface area (Å²) in [5.74, 6) is 1.35. The quantitative estimate of drug-likeness (QED) is 0.871. The lowest BCUT2D eigenvalue weighted by Crippen LogP contribution is -2.14. The molecule has 0 radical (unpaired) electrons. The highest BCUT2D eigenvalue weighted by molar-refractivity contribution is 5.64. The van der Waals surface area contributed by atoms with Crippen molar-refractivity contribution in [1.29, 1.82) is 0 Å². The maximum absolute atomic E-state index is 5.55. The van der Waals surface area contributed by atoms with Crippen LogP contribution in [0.5, 0.6) is 5.75 Å². The third kappa shape index (κ3) is 2.28. The molecular weight excluding hydrogens is 216 g/mol. The molecule has 0 bridgehead atoms. The Labute approximate surface area is 99.9 Å². The van der Waals surface area contributed by atoms with E-state index in [1.165, 1.54) is 0 Å². The van der Waals surface area contributed by atoms with Crippen LogP contribution in [0.4, 0.5) is 17.3 Å². The van der Waals surface area contributed by atoms with E-state index in [0.717, 1.165) is 11.4 Å². The van der Waals surface area contributed by atoms with Gasteiger partial charge in [-0.25, -0.2) is 9.97 Å². The van der Waals surface area contributed by atoms with Gasteiger partial charge in [0.15, 0.2) is 0 Å². The minimum Gasteiger partial charge on any atom is -0.495 e. The summed E-state index contributed by atoms with van der Waals surface area (Å²) in [5.41, 5.74) is 7.00. The molecule has 5 nitrogen and oxygen atoms in total. The number of nitrogen functional groups attached to an aromatic ring is 1. The average molecular weight is 230 g/mol. The van der Waals surface area contributed by atoms with E-state index in [0.29, 0.717) is 11.6 Å². The van der Waals surface area contributed by atoms with E-state index in [1.54, 1.807) is 19.5 Å². The molecule has 0 aliphatic carbocycles. The molecule has 0 atom stereocenters. The standard InChI is InChI=1S/C12H14N4O/c1-16(12-14-7-9(13)8-15-12)10-5-3-4-6-11(10)17-2/h3-8H,13H2,1-2H3. The first-order chi connectivity index (χ1) is 8.22. The molecule has 1 aromatic heterocycles. The normalized spacial score (nSPS) is 10.0. The first-order valence-electron chi connectivity index (χ1n) is 5.16. The predicted octanol–water partition coefficient (Wildman–Crippen LogP) is 1.84. The van der Waals surface area contributed by atoms with Crippen LogP contribution in [0.25, 0.3) is 0 Å². The smallest absolute Gasteiger partial charge is 0.229 e. The van der Waals surface area contributed by atoms with E-state index in [2.05, 4.69) is 9.97 Å². The van der Waals surface area contributed by atoms with Crippen molar-refractivity contribution in [3.05, 3.63) is 36.7 Å². The van der Waals surface area contributed by atoms with Gasteiger partial charge in [-0.15, -0.1) is 0 Å². The van der Waals surface area contributed by atoms with Crippen LogP contribution in [-0.4, -0.2) is 24.1 Å². The van der Waals surface area contributed by atoms with E-state index in [9.17, 15) is 0 Å². The Morgan fingerprint density at radius 1 is 1.18 bits per heavy atom. The summed E-state index contributed by atoms with van der Waals surface area (Å²) in [7, 11) is 3.51. The number of benzene rings is 1. The number of nitrogens with zero attached hydrogens (tertiary/aromatic N) is 3. The van der Waals surface area contributed by atoms with Gasteiger partial charge in [-0.3, -0.25) is 0 Å². The maximum atomic E-state index is 5.55. The molecule has 0 saturated carbocycles. The monoisotopic (exact) mass is 230 g/mol. The summed E-state index contributed by atoms with van der Waals surface area (Å²) in [5, 5.41) is 0. The fraction of sp³-hybridized carbons (Fsp3) is 0.167. The number of methoxy groups -OCH3 is 1. The number of hydrogen-bond acceptors (Lipinski definition) is 5. The minimum atomic E-state index is 0.544. The average Bonchev–Trinajstić information content (AvgIpc) is 2.39. The van der Waals surface area contributed by atoms with Crippen molar-refractivity contribution < 1.29 is 4.74 Å². The molecule has 88 valence electrons. The van der Waals surface area contributed by atoms with Gasteiger partial charge >= 0.3 is 0 Å². The van der Waals surface area contributed by atoms with Gasteiger partial charge in [0.25, 0.3) is 0 Å². The summed E-state index contributed by atoms with van der Waals surface area (Å²) >= 11 is 0. The molecule has 0 spiro atoms. The number of para-hydroxylation sites is 2. The van der Waals surface area contributed by atoms with Crippen LogP contribution in [0, 0.1) is 0 Å². The third-order valence-corrected chi connectivity index (χ3v) is 2.40. The molecule has 2 N–H and O–H groups in total. The van der Waals surface area contributed by atoms with Gasteiger partial charge in [0.1, 0.15) is 5.75 Å². The molecule has 17 heavy (non-hydrogen) atoms. The summed E-state index contributed by atoms with van der Waals surface area (Å²) < 4.78 is 5.29. The highest BCUT2D eigenvalue weighted by Crippen LogP contribution is 2.30. The minimum absolute atomic E-state index is 0.544. The fourth-order valence-electron chi connectivity index (χ4n) is 1.52. The van der Waals surface area contributed by atoms with E-state index in [-0.39, 0.29) is 0 Å². The van der Waals surface area contributed by atoms with Crippen LogP contribution in [-0.2, 0) is 0 Å². The van der Waals surface area contributed by atoms with Crippen molar-refractivity contribution in [3.63, 3.8) is 0 Å². The molecule has 0 fully saturated rings. The van der Waals surface area contributed by atoms with Crippen LogP contribution in [0.1, 0.15) is 0 Å². The number of hydrogen-bond donors (Lipinski definition) is 1. The molecule has 0 amide bonds. The molecule has 2 aromatic rings. The molecule has 1 aromatic carbocycles. The van der Waals surface area contributed by atoms with Crippen molar-refractivity contribution in [3.8, 4) is 5.75 Å². The summed E-state index contributed by atoms with van der Waals surface area (Å²) in [6, 6.07) is 7.69. The van der Waals surface area contributed by atoms with Gasteiger partial charge in [-0.05, 0) is 12.1 Å². The van der Waals surface area contributed by atoms with E-state index >= 15 is 0 Å². The second-order valence-corrected chi connectivity index (χ2v) is 3.55. The number of anilines is 3. The molecule has 0 aliphatic rings. The fourth-order valence-corrected chi connectivity index (χ4v) is 1.52. The van der Waals surface area contributed by atoms with Crippen LogP contribution in [0.15, 0.2) is 36.7 Å². The Balaban J connectivity index is 2.36. The first-order valence-corrected chi connectivity index (χ1v) is 5.16. The number of aromatic nitrogens is 2. The lowest BCUT2D eigenvalue weighted by atomic mass is 10.3. The second-order valence-electron chi connectivity index (χ2n) is 3.55. The van der Waals surface area contributed by atoms with E-state index in [4.69, 9.17) is 10.5 Å². The van der Waals surface area contributed by atoms with Crippen LogP contribution < -0.4 is 15.4 Å². The highest BCUT2D eigenvalue weighted by atomic mass is 16.5. The maximum Gasteiger partial charge on any atom is 0.229 e. The van der Waals surface area contributed by atoms with Crippen LogP contribution in [0.3, 0.4) is 0 Å². The van der Waals surface area contributed by atoms with E-state index < -0.39 is 0 Å². The summed E-state index contributed by atoms with van der Waals surface area (Å²) in [4.78, 5) is 10.2. The van der Waals surface area contributed by atoms with Crippen LogP contribution >= 0.6 is 0 Å². The van der Waals surface area contributed by atoms with Crippen molar-refractivity contribution in [2.45, 2.75) is 0 Å². The molecule has 5 heteroatoms. The number of ether oxygens (including phenoxy) is 1. The Bertz CT molecular complexity index is 498. The number of rotatable bonds is 3.